The van der Waals surface area contributed by atoms with Crippen LogP contribution >= 0.6 is 0 Å². The number of amides is 1. The normalized spacial score (nSPS) is 12.9. The Hall–Kier alpha value is -1.92. The van der Waals surface area contributed by atoms with E-state index in [0.29, 0.717) is 19.4 Å². The van der Waals surface area contributed by atoms with Gasteiger partial charge in [0.1, 0.15) is 0 Å². The molecule has 3 N–H and O–H groups in total. The van der Waals surface area contributed by atoms with E-state index in [2.05, 4.69) is 43.5 Å². The van der Waals surface area contributed by atoms with E-state index in [0.717, 1.165) is 83.5 Å². The molecule has 0 aromatic carbocycles. The first kappa shape index (κ1) is 63.1. The van der Waals surface area contributed by atoms with Crippen LogP contribution in [0.1, 0.15) is 303 Å². The van der Waals surface area contributed by atoms with Crippen LogP contribution in [0.5, 0.6) is 0 Å². The second kappa shape index (κ2) is 54.7. The second-order valence-electron chi connectivity index (χ2n) is 19.6. The molecule has 6 heteroatoms. The summed E-state index contributed by atoms with van der Waals surface area (Å²) in [7, 11) is 0. The zero-order valence-corrected chi connectivity index (χ0v) is 43.5. The van der Waals surface area contributed by atoms with E-state index in [4.69, 9.17) is 4.74 Å². The Labute approximate surface area is 404 Å². The maximum atomic E-state index is 12.5. The van der Waals surface area contributed by atoms with Crippen LogP contribution in [0.3, 0.4) is 0 Å². The lowest BCUT2D eigenvalue weighted by Gasteiger charge is -2.20. The molecule has 0 aliphatic rings. The minimum Gasteiger partial charge on any atom is -0.466 e. The van der Waals surface area contributed by atoms with E-state index in [1.165, 1.54) is 193 Å². The van der Waals surface area contributed by atoms with Crippen LogP contribution in [0.2, 0.25) is 0 Å². The average Bonchev–Trinajstić information content (AvgIpc) is 3.31. The van der Waals surface area contributed by atoms with Gasteiger partial charge in [0.2, 0.25) is 5.91 Å². The standard InChI is InChI=1S/C59H111NO5/c1-3-5-7-9-11-13-15-17-18-19-20-21-22-23-24-25-26-27-29-31-35-39-43-47-51-57(62)56(55-61)60-58(63)52-48-44-40-36-32-30-34-38-42-46-50-54-65-59(64)53-49-45-41-37-33-28-16-14-12-10-8-6-4-2/h14,16,34,38,47,51,56-57,61-62H,3-13,15,17-33,35-37,39-46,48-50,52-55H2,1-2H3,(H,60,63)/b16-14-,38-34-,51-47+. The molecular weight excluding hydrogens is 803 g/mol. The fourth-order valence-corrected chi connectivity index (χ4v) is 8.68. The zero-order chi connectivity index (χ0) is 47.2. The second-order valence-corrected chi connectivity index (χ2v) is 19.6. The van der Waals surface area contributed by atoms with Gasteiger partial charge in [-0.05, 0) is 83.5 Å². The van der Waals surface area contributed by atoms with Gasteiger partial charge in [0.15, 0.2) is 0 Å². The summed E-state index contributed by atoms with van der Waals surface area (Å²) < 4.78 is 5.43. The molecule has 6 nitrogen and oxygen atoms in total. The molecule has 2 atom stereocenters. The largest absolute Gasteiger partial charge is 0.466 e. The number of hydrogen-bond acceptors (Lipinski definition) is 5. The molecule has 0 rings (SSSR count). The number of unbranched alkanes of at least 4 members (excludes halogenated alkanes) is 38. The summed E-state index contributed by atoms with van der Waals surface area (Å²) in [5, 5.41) is 23.2. The third-order valence-corrected chi connectivity index (χ3v) is 13.1. The average molecular weight is 915 g/mol. The Bertz CT molecular complexity index is 1060. The SMILES string of the molecule is CCCCCC/C=C\CCCCCCCC(=O)OCCCC/C=C\CCCCCCCC(=O)NC(CO)C(O)/C=C/CCCCCCCCCCCCCCCCCCCCCCCC. The molecule has 0 heterocycles. The third kappa shape index (κ3) is 51.3. The van der Waals surface area contributed by atoms with Crippen LogP contribution in [-0.2, 0) is 14.3 Å². The van der Waals surface area contributed by atoms with Gasteiger partial charge in [-0.3, -0.25) is 9.59 Å². The molecule has 0 bridgehead atoms. The fraction of sp³-hybridized carbons (Fsp3) is 0.864. The molecule has 0 aromatic heterocycles. The number of esters is 1. The van der Waals surface area contributed by atoms with Gasteiger partial charge < -0.3 is 20.3 Å². The number of rotatable bonds is 53. The van der Waals surface area contributed by atoms with Crippen molar-refractivity contribution >= 4 is 11.9 Å². The van der Waals surface area contributed by atoms with Crippen LogP contribution < -0.4 is 5.32 Å². The maximum Gasteiger partial charge on any atom is 0.305 e. The van der Waals surface area contributed by atoms with Crippen molar-refractivity contribution in [1.82, 2.24) is 5.32 Å². The highest BCUT2D eigenvalue weighted by Crippen LogP contribution is 2.17. The first-order valence-corrected chi connectivity index (χ1v) is 28.8. The molecule has 0 spiro atoms. The molecule has 0 aliphatic carbocycles. The molecule has 0 radical (unpaired) electrons. The van der Waals surface area contributed by atoms with Crippen molar-refractivity contribution in [3.8, 4) is 0 Å². The van der Waals surface area contributed by atoms with Crippen molar-refractivity contribution in [2.75, 3.05) is 13.2 Å². The van der Waals surface area contributed by atoms with Crippen molar-refractivity contribution in [2.24, 2.45) is 0 Å². The minimum absolute atomic E-state index is 0.0420. The number of nitrogens with one attached hydrogen (secondary N) is 1. The van der Waals surface area contributed by atoms with Crippen LogP contribution in [0.15, 0.2) is 36.5 Å². The summed E-state index contributed by atoms with van der Waals surface area (Å²) in [5.74, 6) is -0.138. The Morgan fingerprint density at radius 2 is 0.723 bits per heavy atom. The van der Waals surface area contributed by atoms with E-state index in [9.17, 15) is 19.8 Å². The van der Waals surface area contributed by atoms with Gasteiger partial charge in [-0.15, -0.1) is 0 Å². The van der Waals surface area contributed by atoms with E-state index in [-0.39, 0.29) is 18.5 Å². The van der Waals surface area contributed by atoms with E-state index < -0.39 is 12.1 Å². The molecule has 0 aliphatic heterocycles. The van der Waals surface area contributed by atoms with Crippen molar-refractivity contribution < 1.29 is 24.5 Å². The Balaban J connectivity index is 3.54. The number of aliphatic hydroxyl groups excluding tert-OH is 2. The smallest absolute Gasteiger partial charge is 0.305 e. The lowest BCUT2D eigenvalue weighted by atomic mass is 10.0. The minimum atomic E-state index is -0.864. The van der Waals surface area contributed by atoms with Crippen LogP contribution in [0.25, 0.3) is 0 Å². The lowest BCUT2D eigenvalue weighted by molar-refractivity contribution is -0.143. The number of ether oxygens (including phenoxy) is 1. The molecule has 1 amide bonds. The predicted octanol–water partition coefficient (Wildman–Crippen LogP) is 17.6. The lowest BCUT2D eigenvalue weighted by Crippen LogP contribution is -2.45. The summed E-state index contributed by atoms with van der Waals surface area (Å²) in [5.41, 5.74) is 0. The molecule has 2 unspecified atom stereocenters. The van der Waals surface area contributed by atoms with Crippen LogP contribution in [0.4, 0.5) is 0 Å². The number of allylic oxidation sites excluding steroid dienone is 5. The fourth-order valence-electron chi connectivity index (χ4n) is 8.68. The summed E-state index contributed by atoms with van der Waals surface area (Å²) in [6.45, 7) is 4.82. The summed E-state index contributed by atoms with van der Waals surface area (Å²) >= 11 is 0. The van der Waals surface area contributed by atoms with Gasteiger partial charge in [-0.2, -0.15) is 0 Å². The van der Waals surface area contributed by atoms with Gasteiger partial charge in [-0.1, -0.05) is 243 Å². The van der Waals surface area contributed by atoms with Crippen molar-refractivity contribution in [2.45, 2.75) is 315 Å². The van der Waals surface area contributed by atoms with Crippen molar-refractivity contribution in [1.29, 1.82) is 0 Å². The summed E-state index contributed by atoms with van der Waals surface area (Å²) in [6, 6.07) is -0.651. The van der Waals surface area contributed by atoms with Gasteiger partial charge in [0.25, 0.3) is 0 Å². The number of aliphatic hydroxyl groups is 2. The van der Waals surface area contributed by atoms with E-state index >= 15 is 0 Å². The predicted molar refractivity (Wildman–Crippen MR) is 283 cm³/mol. The maximum absolute atomic E-state index is 12.5. The number of carbonyl (C=O) groups excluding carboxylic acids is 2. The van der Waals surface area contributed by atoms with Gasteiger partial charge in [-0.25, -0.2) is 0 Å². The molecule has 382 valence electrons. The number of carbonyl (C=O) groups is 2. The molecule has 0 saturated heterocycles. The highest BCUT2D eigenvalue weighted by Gasteiger charge is 2.18. The van der Waals surface area contributed by atoms with Gasteiger partial charge in [0, 0.05) is 12.8 Å². The van der Waals surface area contributed by atoms with Crippen LogP contribution in [0, 0.1) is 0 Å². The highest BCUT2D eigenvalue weighted by molar-refractivity contribution is 5.76. The van der Waals surface area contributed by atoms with E-state index in [1.54, 1.807) is 6.08 Å². The Morgan fingerprint density at radius 3 is 1.11 bits per heavy atom. The molecular formula is C59H111NO5. The highest BCUT2D eigenvalue weighted by atomic mass is 16.5. The molecule has 0 fully saturated rings. The van der Waals surface area contributed by atoms with Gasteiger partial charge in [0.05, 0.1) is 25.4 Å². The molecule has 0 aromatic rings. The quantitative estimate of drug-likeness (QED) is 0.0321. The first-order chi connectivity index (χ1) is 32.0. The third-order valence-electron chi connectivity index (χ3n) is 13.1. The van der Waals surface area contributed by atoms with Crippen LogP contribution in [-0.4, -0.2) is 47.4 Å². The first-order valence-electron chi connectivity index (χ1n) is 28.8. The molecule has 65 heavy (non-hydrogen) atoms. The summed E-state index contributed by atoms with van der Waals surface area (Å²) in [4.78, 5) is 24.5. The Morgan fingerprint density at radius 1 is 0.415 bits per heavy atom. The van der Waals surface area contributed by atoms with Crippen molar-refractivity contribution in [3.05, 3.63) is 36.5 Å². The summed E-state index contributed by atoms with van der Waals surface area (Å²) in [6.07, 6.45) is 67.4. The van der Waals surface area contributed by atoms with E-state index in [1.807, 2.05) is 6.08 Å². The monoisotopic (exact) mass is 914 g/mol. The zero-order valence-electron chi connectivity index (χ0n) is 43.5. The number of hydrogen-bond donors (Lipinski definition) is 3. The topological polar surface area (TPSA) is 95.9 Å². The molecule has 0 saturated carbocycles. The van der Waals surface area contributed by atoms with Crippen molar-refractivity contribution in [3.63, 3.8) is 0 Å². The Kier molecular flexibility index (Phi) is 53.1. The van der Waals surface area contributed by atoms with Gasteiger partial charge >= 0.3 is 5.97 Å².